The lowest BCUT2D eigenvalue weighted by Crippen LogP contribution is -2.09. The summed E-state index contributed by atoms with van der Waals surface area (Å²) in [5.74, 6) is 0.499. The van der Waals surface area contributed by atoms with Crippen LogP contribution in [0.5, 0.6) is 11.5 Å². The highest BCUT2D eigenvalue weighted by atomic mass is 16.5. The maximum absolute atomic E-state index is 12.1. The second-order valence-electron chi connectivity index (χ2n) is 5.65. The Labute approximate surface area is 158 Å². The van der Waals surface area contributed by atoms with Crippen molar-refractivity contribution in [3.63, 3.8) is 0 Å². The van der Waals surface area contributed by atoms with Crippen LogP contribution in [-0.4, -0.2) is 32.7 Å². The number of benzene rings is 2. The van der Waals surface area contributed by atoms with Crippen LogP contribution in [0.4, 0.5) is 5.69 Å². The molecule has 0 heterocycles. The number of methoxy groups -OCH3 is 2. The van der Waals surface area contributed by atoms with Gasteiger partial charge in [0, 0.05) is 11.8 Å². The Kier molecular flexibility index (Phi) is 7.43. The largest absolute Gasteiger partial charge is 0.493 e. The Bertz CT molecular complexity index is 829. The Balaban J connectivity index is 2.05. The van der Waals surface area contributed by atoms with Crippen molar-refractivity contribution in [3.05, 3.63) is 59.7 Å². The number of esters is 1. The van der Waals surface area contributed by atoms with Crippen LogP contribution in [0.1, 0.15) is 29.3 Å². The molecule has 0 atom stereocenters. The normalized spacial score (nSPS) is 10.5. The lowest BCUT2D eigenvalue weighted by Gasteiger charge is -2.10. The first-order chi connectivity index (χ1) is 13.1. The topological polar surface area (TPSA) is 73.9 Å². The molecule has 0 spiro atoms. The van der Waals surface area contributed by atoms with Crippen LogP contribution >= 0.6 is 0 Å². The summed E-state index contributed by atoms with van der Waals surface area (Å²) in [6, 6.07) is 12.0. The lowest BCUT2D eigenvalue weighted by molar-refractivity contribution is -0.111. The average molecular weight is 369 g/mol. The quantitative estimate of drug-likeness (QED) is 0.564. The molecule has 142 valence electrons. The van der Waals surface area contributed by atoms with Crippen molar-refractivity contribution in [2.45, 2.75) is 13.3 Å². The number of amides is 1. The van der Waals surface area contributed by atoms with Crippen LogP contribution in [0.25, 0.3) is 6.08 Å². The summed E-state index contributed by atoms with van der Waals surface area (Å²) in [4.78, 5) is 23.7. The van der Waals surface area contributed by atoms with Gasteiger partial charge in [-0.05, 0) is 48.4 Å². The van der Waals surface area contributed by atoms with Gasteiger partial charge in [-0.1, -0.05) is 19.1 Å². The molecule has 2 aromatic rings. The van der Waals surface area contributed by atoms with Gasteiger partial charge in [0.25, 0.3) is 0 Å². The van der Waals surface area contributed by atoms with E-state index in [9.17, 15) is 9.59 Å². The molecule has 0 aliphatic heterocycles. The third-order valence-corrected chi connectivity index (χ3v) is 3.63. The van der Waals surface area contributed by atoms with Gasteiger partial charge in [-0.2, -0.15) is 0 Å². The lowest BCUT2D eigenvalue weighted by atomic mass is 10.1. The summed E-state index contributed by atoms with van der Waals surface area (Å²) in [6.45, 7) is 2.64. The molecule has 0 saturated heterocycles. The van der Waals surface area contributed by atoms with E-state index in [1.54, 1.807) is 43.5 Å². The summed E-state index contributed by atoms with van der Waals surface area (Å²) in [7, 11) is 2.88. The number of nitrogens with one attached hydrogen (secondary N) is 1. The Morgan fingerprint density at radius 2 is 1.89 bits per heavy atom. The predicted molar refractivity (Wildman–Crippen MR) is 104 cm³/mol. The van der Waals surface area contributed by atoms with Gasteiger partial charge >= 0.3 is 5.97 Å². The summed E-state index contributed by atoms with van der Waals surface area (Å²) in [5, 5.41) is 2.71. The summed E-state index contributed by atoms with van der Waals surface area (Å²) in [5.41, 5.74) is 1.68. The number of hydrogen-bond acceptors (Lipinski definition) is 5. The van der Waals surface area contributed by atoms with Crippen molar-refractivity contribution < 1.29 is 23.8 Å². The number of hydrogen-bond donors (Lipinski definition) is 1. The Morgan fingerprint density at radius 1 is 1.07 bits per heavy atom. The van der Waals surface area contributed by atoms with E-state index in [2.05, 4.69) is 10.1 Å². The Hall–Kier alpha value is -3.28. The summed E-state index contributed by atoms with van der Waals surface area (Å²) >= 11 is 0. The molecule has 0 radical (unpaired) electrons. The van der Waals surface area contributed by atoms with Crippen molar-refractivity contribution in [2.24, 2.45) is 0 Å². The molecule has 0 saturated carbocycles. The molecule has 27 heavy (non-hydrogen) atoms. The number of carbonyl (C=O) groups excluding carboxylic acids is 2. The van der Waals surface area contributed by atoms with Crippen LogP contribution in [0.15, 0.2) is 48.5 Å². The van der Waals surface area contributed by atoms with E-state index in [-0.39, 0.29) is 5.91 Å². The monoisotopic (exact) mass is 369 g/mol. The second kappa shape index (κ2) is 10.0. The highest BCUT2D eigenvalue weighted by molar-refractivity contribution is 6.02. The van der Waals surface area contributed by atoms with Crippen molar-refractivity contribution in [3.8, 4) is 11.5 Å². The molecule has 0 bridgehead atoms. The van der Waals surface area contributed by atoms with E-state index < -0.39 is 5.97 Å². The molecule has 2 aromatic carbocycles. The van der Waals surface area contributed by atoms with E-state index in [1.807, 2.05) is 19.1 Å². The molecule has 1 amide bonds. The minimum Gasteiger partial charge on any atom is -0.493 e. The second-order valence-corrected chi connectivity index (χ2v) is 5.65. The average Bonchev–Trinajstić information content (AvgIpc) is 2.70. The molecule has 0 unspecified atom stereocenters. The molecule has 1 N–H and O–H groups in total. The fourth-order valence-corrected chi connectivity index (χ4v) is 2.32. The molecule has 0 aliphatic carbocycles. The smallest absolute Gasteiger partial charge is 0.337 e. The van der Waals surface area contributed by atoms with E-state index in [4.69, 9.17) is 9.47 Å². The third-order valence-electron chi connectivity index (χ3n) is 3.63. The molecule has 6 nitrogen and oxygen atoms in total. The predicted octanol–water partition coefficient (Wildman–Crippen LogP) is 3.92. The SMILES string of the molecule is CCCOc1ccc(/C=C/C(=O)Nc2cccc(C(=O)OC)c2)cc1OC. The van der Waals surface area contributed by atoms with Crippen molar-refractivity contribution in [1.29, 1.82) is 0 Å². The highest BCUT2D eigenvalue weighted by Gasteiger charge is 2.07. The van der Waals surface area contributed by atoms with E-state index in [0.717, 1.165) is 12.0 Å². The molecule has 0 aliphatic rings. The van der Waals surface area contributed by atoms with Gasteiger partial charge in [-0.3, -0.25) is 4.79 Å². The first-order valence-electron chi connectivity index (χ1n) is 8.55. The van der Waals surface area contributed by atoms with Crippen LogP contribution in [0.2, 0.25) is 0 Å². The first kappa shape index (κ1) is 20.0. The number of anilines is 1. The van der Waals surface area contributed by atoms with Gasteiger partial charge in [0.15, 0.2) is 11.5 Å². The van der Waals surface area contributed by atoms with E-state index in [1.165, 1.54) is 13.2 Å². The number of carbonyl (C=O) groups is 2. The van der Waals surface area contributed by atoms with Crippen molar-refractivity contribution >= 4 is 23.6 Å². The van der Waals surface area contributed by atoms with Crippen LogP contribution in [0.3, 0.4) is 0 Å². The molecular weight excluding hydrogens is 346 g/mol. The highest BCUT2D eigenvalue weighted by Crippen LogP contribution is 2.28. The van der Waals surface area contributed by atoms with Crippen LogP contribution in [0, 0.1) is 0 Å². The molecule has 0 aromatic heterocycles. The maximum Gasteiger partial charge on any atom is 0.337 e. The fourth-order valence-electron chi connectivity index (χ4n) is 2.32. The molecule has 6 heteroatoms. The van der Waals surface area contributed by atoms with Gasteiger partial charge in [-0.15, -0.1) is 0 Å². The van der Waals surface area contributed by atoms with Crippen molar-refractivity contribution in [2.75, 3.05) is 26.1 Å². The first-order valence-corrected chi connectivity index (χ1v) is 8.55. The maximum atomic E-state index is 12.1. The number of ether oxygens (including phenoxy) is 3. The van der Waals surface area contributed by atoms with Crippen LogP contribution < -0.4 is 14.8 Å². The van der Waals surface area contributed by atoms with Gasteiger partial charge in [-0.25, -0.2) is 4.79 Å². The standard InChI is InChI=1S/C21H23NO5/c1-4-12-27-18-10-8-15(13-19(18)25-2)9-11-20(23)22-17-7-5-6-16(14-17)21(24)26-3/h5-11,13-14H,4,12H2,1-3H3,(H,22,23)/b11-9+. The minimum absolute atomic E-state index is 0.317. The molecule has 0 fully saturated rings. The van der Waals surface area contributed by atoms with Crippen molar-refractivity contribution in [1.82, 2.24) is 0 Å². The van der Waals surface area contributed by atoms with E-state index >= 15 is 0 Å². The zero-order chi connectivity index (χ0) is 19.6. The molecule has 2 rings (SSSR count). The van der Waals surface area contributed by atoms with Gasteiger partial charge in [0.05, 0.1) is 26.4 Å². The van der Waals surface area contributed by atoms with Gasteiger partial charge in [0.2, 0.25) is 5.91 Å². The zero-order valence-corrected chi connectivity index (χ0v) is 15.7. The zero-order valence-electron chi connectivity index (χ0n) is 15.7. The van der Waals surface area contributed by atoms with Gasteiger partial charge in [0.1, 0.15) is 0 Å². The number of rotatable bonds is 8. The minimum atomic E-state index is -0.459. The fraction of sp³-hybridized carbons (Fsp3) is 0.238. The third kappa shape index (κ3) is 5.88. The van der Waals surface area contributed by atoms with Crippen LogP contribution in [-0.2, 0) is 9.53 Å². The summed E-state index contributed by atoms with van der Waals surface area (Å²) in [6.07, 6.45) is 3.99. The Morgan fingerprint density at radius 3 is 2.59 bits per heavy atom. The summed E-state index contributed by atoms with van der Waals surface area (Å²) < 4.78 is 15.6. The van der Waals surface area contributed by atoms with Gasteiger partial charge < -0.3 is 19.5 Å². The molecular formula is C21H23NO5. The van der Waals surface area contributed by atoms with E-state index in [0.29, 0.717) is 29.4 Å².